The molecule has 25 heavy (non-hydrogen) atoms. The summed E-state index contributed by atoms with van der Waals surface area (Å²) in [6.45, 7) is 3.89. The predicted molar refractivity (Wildman–Crippen MR) is 95.8 cm³/mol. The van der Waals surface area contributed by atoms with Crippen molar-refractivity contribution in [3.63, 3.8) is 0 Å². The number of hydrogen-bond donors (Lipinski definition) is 1. The van der Waals surface area contributed by atoms with Crippen molar-refractivity contribution in [2.75, 3.05) is 0 Å². The van der Waals surface area contributed by atoms with E-state index in [0.717, 1.165) is 35.5 Å². The summed E-state index contributed by atoms with van der Waals surface area (Å²) in [6, 6.07) is 10.1. The van der Waals surface area contributed by atoms with Gasteiger partial charge in [0.1, 0.15) is 11.5 Å². The highest BCUT2D eigenvalue weighted by Gasteiger charge is 2.25. The summed E-state index contributed by atoms with van der Waals surface area (Å²) in [5, 5.41) is 3.13. The smallest absolute Gasteiger partial charge is 0.270 e. The highest BCUT2D eigenvalue weighted by atomic mass is 16.2. The van der Waals surface area contributed by atoms with Crippen LogP contribution in [0.2, 0.25) is 0 Å². The lowest BCUT2D eigenvalue weighted by Gasteiger charge is -2.17. The van der Waals surface area contributed by atoms with E-state index in [9.17, 15) is 4.79 Å². The maximum Gasteiger partial charge on any atom is 0.270 e. The molecule has 0 radical (unpaired) electrons. The lowest BCUT2D eigenvalue weighted by molar-refractivity contribution is 0.0927. The van der Waals surface area contributed by atoms with Crippen molar-refractivity contribution < 1.29 is 4.79 Å². The van der Waals surface area contributed by atoms with Crippen LogP contribution in [0.3, 0.4) is 0 Å². The molecule has 0 saturated carbocycles. The molecule has 1 N–H and O–H groups in total. The molecular weight excluding hydrogens is 312 g/mol. The summed E-state index contributed by atoms with van der Waals surface area (Å²) < 4.78 is 2.07. The van der Waals surface area contributed by atoms with Crippen LogP contribution in [0.5, 0.6) is 0 Å². The Hall–Kier alpha value is -2.95. The van der Waals surface area contributed by atoms with Crippen LogP contribution < -0.4 is 5.32 Å². The number of carbonyl (C=O) groups excluding carboxylic acids is 1. The van der Waals surface area contributed by atoms with E-state index in [2.05, 4.69) is 32.0 Å². The van der Waals surface area contributed by atoms with Gasteiger partial charge < -0.3 is 9.88 Å². The van der Waals surface area contributed by atoms with Crippen molar-refractivity contribution >= 4 is 5.91 Å². The molecule has 0 saturated heterocycles. The molecule has 1 amide bonds. The Morgan fingerprint density at radius 3 is 2.92 bits per heavy atom. The van der Waals surface area contributed by atoms with Crippen molar-refractivity contribution in [2.24, 2.45) is 0 Å². The third kappa shape index (κ3) is 2.82. The second-order valence-corrected chi connectivity index (χ2v) is 6.53. The SMILES string of the molecule is Cc1cnc(C(=O)NC2CCc3ccccc3-n3ccnc32)c(C)c1. The Bertz CT molecular complexity index is 944. The van der Waals surface area contributed by atoms with E-state index in [-0.39, 0.29) is 11.9 Å². The van der Waals surface area contributed by atoms with Crippen LogP contribution in [0.15, 0.2) is 48.9 Å². The largest absolute Gasteiger partial charge is 0.341 e. The molecule has 1 atom stereocenters. The second-order valence-electron chi connectivity index (χ2n) is 6.53. The first-order valence-corrected chi connectivity index (χ1v) is 8.49. The summed E-state index contributed by atoms with van der Waals surface area (Å²) in [6.07, 6.45) is 7.17. The number of para-hydroxylation sites is 1. The van der Waals surface area contributed by atoms with Gasteiger partial charge >= 0.3 is 0 Å². The molecular formula is C20H20N4O. The van der Waals surface area contributed by atoms with Gasteiger partial charge in [-0.3, -0.25) is 9.78 Å². The first kappa shape index (κ1) is 15.6. The minimum Gasteiger partial charge on any atom is -0.341 e. The van der Waals surface area contributed by atoms with Crippen LogP contribution in [0, 0.1) is 13.8 Å². The van der Waals surface area contributed by atoms with E-state index < -0.39 is 0 Å². The Balaban J connectivity index is 1.65. The molecule has 3 aromatic rings. The molecule has 1 unspecified atom stereocenters. The number of amides is 1. The summed E-state index contributed by atoms with van der Waals surface area (Å²) >= 11 is 0. The summed E-state index contributed by atoms with van der Waals surface area (Å²) in [5.41, 5.74) is 4.82. The van der Waals surface area contributed by atoms with Gasteiger partial charge in [-0.15, -0.1) is 0 Å². The lowest BCUT2D eigenvalue weighted by Crippen LogP contribution is -2.31. The molecule has 2 aromatic heterocycles. The van der Waals surface area contributed by atoms with Crippen molar-refractivity contribution in [1.29, 1.82) is 0 Å². The maximum absolute atomic E-state index is 12.8. The molecule has 3 heterocycles. The fourth-order valence-electron chi connectivity index (χ4n) is 3.48. The van der Waals surface area contributed by atoms with Crippen LogP contribution in [0.4, 0.5) is 0 Å². The Morgan fingerprint density at radius 2 is 2.08 bits per heavy atom. The van der Waals surface area contributed by atoms with E-state index >= 15 is 0 Å². The standard InChI is InChI=1S/C20H20N4O/c1-13-11-14(2)18(22-12-13)20(25)23-16-8-7-15-5-3-4-6-17(15)24-10-9-21-19(16)24/h3-6,9-12,16H,7-8H2,1-2H3,(H,23,25). The quantitative estimate of drug-likeness (QED) is 0.783. The zero-order chi connectivity index (χ0) is 17.4. The van der Waals surface area contributed by atoms with Crippen LogP contribution >= 0.6 is 0 Å². The molecule has 1 aromatic carbocycles. The summed E-state index contributed by atoms with van der Waals surface area (Å²) in [7, 11) is 0. The molecule has 1 aliphatic rings. The number of imidazole rings is 1. The molecule has 1 aliphatic heterocycles. The highest BCUT2D eigenvalue weighted by molar-refractivity contribution is 5.93. The molecule has 0 aliphatic carbocycles. The number of aryl methyl sites for hydroxylation is 3. The number of nitrogens with one attached hydrogen (secondary N) is 1. The van der Waals surface area contributed by atoms with Crippen molar-refractivity contribution in [1.82, 2.24) is 19.9 Å². The zero-order valence-corrected chi connectivity index (χ0v) is 14.4. The van der Waals surface area contributed by atoms with Gasteiger partial charge in [0.25, 0.3) is 5.91 Å². The topological polar surface area (TPSA) is 59.8 Å². The Kier molecular flexibility index (Phi) is 3.84. The van der Waals surface area contributed by atoms with Gasteiger partial charge in [-0.2, -0.15) is 0 Å². The van der Waals surface area contributed by atoms with Gasteiger partial charge in [0.2, 0.25) is 0 Å². The predicted octanol–water partition coefficient (Wildman–Crippen LogP) is 3.30. The second kappa shape index (κ2) is 6.16. The van der Waals surface area contributed by atoms with E-state index in [1.807, 2.05) is 38.2 Å². The number of hydrogen-bond acceptors (Lipinski definition) is 3. The molecule has 5 heteroatoms. The Morgan fingerprint density at radius 1 is 1.24 bits per heavy atom. The fourth-order valence-corrected chi connectivity index (χ4v) is 3.48. The molecule has 0 fully saturated rings. The maximum atomic E-state index is 12.8. The average molecular weight is 332 g/mol. The average Bonchev–Trinajstić information content (AvgIpc) is 3.03. The monoisotopic (exact) mass is 332 g/mol. The van der Waals surface area contributed by atoms with Gasteiger partial charge in [-0.25, -0.2) is 4.98 Å². The number of pyridine rings is 1. The van der Waals surface area contributed by atoms with Crippen LogP contribution in [-0.4, -0.2) is 20.4 Å². The minimum absolute atomic E-state index is 0.141. The van der Waals surface area contributed by atoms with Crippen LogP contribution in [-0.2, 0) is 6.42 Å². The third-order valence-corrected chi connectivity index (χ3v) is 4.67. The van der Waals surface area contributed by atoms with Gasteiger partial charge in [0.05, 0.1) is 6.04 Å². The first-order valence-electron chi connectivity index (χ1n) is 8.49. The minimum atomic E-state index is -0.150. The molecule has 126 valence electrons. The molecule has 4 rings (SSSR count). The number of benzene rings is 1. The van der Waals surface area contributed by atoms with Gasteiger partial charge in [0, 0.05) is 24.3 Å². The van der Waals surface area contributed by atoms with Crippen molar-refractivity contribution in [3.05, 3.63) is 77.1 Å². The number of fused-ring (bicyclic) bond motifs is 3. The van der Waals surface area contributed by atoms with E-state index in [1.165, 1.54) is 5.56 Å². The molecule has 0 bridgehead atoms. The zero-order valence-electron chi connectivity index (χ0n) is 14.4. The van der Waals surface area contributed by atoms with E-state index in [1.54, 1.807) is 12.4 Å². The van der Waals surface area contributed by atoms with Crippen LogP contribution in [0.25, 0.3) is 5.69 Å². The Labute approximate surface area is 146 Å². The molecule has 5 nitrogen and oxygen atoms in total. The normalized spacial score (nSPS) is 15.8. The van der Waals surface area contributed by atoms with E-state index in [0.29, 0.717) is 5.69 Å². The van der Waals surface area contributed by atoms with Crippen molar-refractivity contribution in [2.45, 2.75) is 32.7 Å². The number of nitrogens with zero attached hydrogens (tertiary/aromatic N) is 3. The summed E-state index contributed by atoms with van der Waals surface area (Å²) in [4.78, 5) is 21.6. The van der Waals surface area contributed by atoms with Gasteiger partial charge in [-0.05, 0) is 49.4 Å². The number of carbonyl (C=O) groups is 1. The van der Waals surface area contributed by atoms with Gasteiger partial charge in [0.15, 0.2) is 0 Å². The van der Waals surface area contributed by atoms with Gasteiger partial charge in [-0.1, -0.05) is 24.3 Å². The highest BCUT2D eigenvalue weighted by Crippen LogP contribution is 2.29. The van der Waals surface area contributed by atoms with Crippen LogP contribution in [0.1, 0.15) is 45.5 Å². The lowest BCUT2D eigenvalue weighted by atomic mass is 10.0. The third-order valence-electron chi connectivity index (χ3n) is 4.67. The van der Waals surface area contributed by atoms with E-state index in [4.69, 9.17) is 0 Å². The fraction of sp³-hybridized carbons (Fsp3) is 0.250. The summed E-state index contributed by atoms with van der Waals surface area (Å²) in [5.74, 6) is 0.714. The number of aromatic nitrogens is 3. The molecule has 0 spiro atoms. The first-order chi connectivity index (χ1) is 12.1. The van der Waals surface area contributed by atoms with Crippen molar-refractivity contribution in [3.8, 4) is 5.69 Å². The number of rotatable bonds is 2.